The highest BCUT2D eigenvalue weighted by Crippen LogP contribution is 2.34. The van der Waals surface area contributed by atoms with Gasteiger partial charge >= 0.3 is 0 Å². The van der Waals surface area contributed by atoms with Gasteiger partial charge in [0.05, 0.1) is 5.54 Å². The summed E-state index contributed by atoms with van der Waals surface area (Å²) in [4.78, 5) is 14.5. The Morgan fingerprint density at radius 1 is 1.32 bits per heavy atom. The summed E-state index contributed by atoms with van der Waals surface area (Å²) in [7, 11) is 1.87. The maximum Gasteiger partial charge on any atom is 0.237 e. The van der Waals surface area contributed by atoms with Crippen LogP contribution in [0.1, 0.15) is 52.4 Å². The number of nitrogens with two attached hydrogens (primary N) is 1. The van der Waals surface area contributed by atoms with Crippen molar-refractivity contribution in [2.24, 2.45) is 11.7 Å². The molecule has 1 aliphatic carbocycles. The van der Waals surface area contributed by atoms with E-state index < -0.39 is 5.54 Å². The number of likely N-dealkylation sites (tertiary alicyclic amines) is 1. The van der Waals surface area contributed by atoms with Gasteiger partial charge in [-0.15, -0.1) is 0 Å². The van der Waals surface area contributed by atoms with Crippen molar-refractivity contribution in [2.75, 3.05) is 13.6 Å². The smallest absolute Gasteiger partial charge is 0.237 e. The number of primary amides is 1. The molecule has 1 saturated heterocycles. The lowest BCUT2D eigenvalue weighted by Crippen LogP contribution is -2.61. The number of amides is 1. The molecule has 19 heavy (non-hydrogen) atoms. The third-order valence-electron chi connectivity index (χ3n) is 5.31. The van der Waals surface area contributed by atoms with Gasteiger partial charge in [0.15, 0.2) is 0 Å². The molecule has 3 N–H and O–H groups in total. The van der Waals surface area contributed by atoms with Crippen LogP contribution >= 0.6 is 0 Å². The van der Waals surface area contributed by atoms with Crippen molar-refractivity contribution in [3.05, 3.63) is 0 Å². The van der Waals surface area contributed by atoms with Gasteiger partial charge < -0.3 is 11.1 Å². The third-order valence-corrected chi connectivity index (χ3v) is 5.31. The van der Waals surface area contributed by atoms with Crippen LogP contribution in [0.25, 0.3) is 0 Å². The average Bonchev–Trinajstić information content (AvgIpc) is 2.41. The number of nitrogens with one attached hydrogen (secondary N) is 1. The van der Waals surface area contributed by atoms with Crippen molar-refractivity contribution in [2.45, 2.75) is 70.0 Å². The molecule has 4 heteroatoms. The largest absolute Gasteiger partial charge is 0.368 e. The number of nitrogens with zero attached hydrogens (tertiary/aromatic N) is 1. The van der Waals surface area contributed by atoms with E-state index in [4.69, 9.17) is 5.73 Å². The predicted octanol–water partition coefficient (Wildman–Crippen LogP) is 1.49. The van der Waals surface area contributed by atoms with E-state index in [0.717, 1.165) is 25.2 Å². The molecule has 0 aromatic carbocycles. The molecule has 0 aromatic heterocycles. The quantitative estimate of drug-likeness (QED) is 0.814. The summed E-state index contributed by atoms with van der Waals surface area (Å²) in [5, 5.41) is 3.21. The Balaban J connectivity index is 2.09. The topological polar surface area (TPSA) is 58.4 Å². The zero-order valence-electron chi connectivity index (χ0n) is 12.6. The molecule has 4 nitrogen and oxygen atoms in total. The van der Waals surface area contributed by atoms with Gasteiger partial charge in [-0.1, -0.05) is 6.92 Å². The van der Waals surface area contributed by atoms with Gasteiger partial charge in [0.25, 0.3) is 0 Å². The van der Waals surface area contributed by atoms with Crippen LogP contribution in [-0.4, -0.2) is 42.0 Å². The summed E-state index contributed by atoms with van der Waals surface area (Å²) in [5.41, 5.74) is 5.16. The zero-order valence-corrected chi connectivity index (χ0v) is 12.6. The Morgan fingerprint density at radius 3 is 2.68 bits per heavy atom. The third kappa shape index (κ3) is 2.95. The lowest BCUT2D eigenvalue weighted by molar-refractivity contribution is -0.127. The van der Waals surface area contributed by atoms with Crippen LogP contribution in [0, 0.1) is 5.92 Å². The van der Waals surface area contributed by atoms with Crippen molar-refractivity contribution in [3.63, 3.8) is 0 Å². The van der Waals surface area contributed by atoms with Gasteiger partial charge in [-0.05, 0) is 58.4 Å². The summed E-state index contributed by atoms with van der Waals surface area (Å²) in [6.45, 7) is 5.83. The van der Waals surface area contributed by atoms with Crippen molar-refractivity contribution in [1.29, 1.82) is 0 Å². The summed E-state index contributed by atoms with van der Waals surface area (Å²) in [5.74, 6) is 0.591. The normalized spacial score (nSPS) is 41.1. The van der Waals surface area contributed by atoms with Crippen LogP contribution in [0.3, 0.4) is 0 Å². The molecule has 1 amide bonds. The molecular weight excluding hydrogens is 238 g/mol. The van der Waals surface area contributed by atoms with Gasteiger partial charge in [-0.3, -0.25) is 9.69 Å². The van der Waals surface area contributed by atoms with Crippen LogP contribution < -0.4 is 11.1 Å². The monoisotopic (exact) mass is 267 g/mol. The number of hydrogen-bond acceptors (Lipinski definition) is 3. The van der Waals surface area contributed by atoms with E-state index in [1.54, 1.807) is 0 Å². The minimum absolute atomic E-state index is 0.183. The zero-order chi connectivity index (χ0) is 14.0. The highest BCUT2D eigenvalue weighted by molar-refractivity contribution is 5.84. The molecule has 0 aromatic rings. The van der Waals surface area contributed by atoms with Crippen LogP contribution in [-0.2, 0) is 4.79 Å². The molecule has 2 rings (SSSR count). The number of hydrogen-bond donors (Lipinski definition) is 2. The molecule has 4 unspecified atom stereocenters. The molecule has 1 heterocycles. The standard InChI is InChI=1S/C15H29N3O/c1-11-6-7-12(2)18(10-11)13-5-4-8-15(9-13,17-3)14(16)19/h11-13,17H,4-10H2,1-3H3,(H2,16,19). The minimum atomic E-state index is -0.483. The number of piperidine rings is 1. The minimum Gasteiger partial charge on any atom is -0.368 e. The first kappa shape index (κ1) is 14.8. The maximum atomic E-state index is 11.8. The highest BCUT2D eigenvalue weighted by atomic mass is 16.1. The van der Waals surface area contributed by atoms with Crippen molar-refractivity contribution >= 4 is 5.91 Å². The molecule has 2 fully saturated rings. The van der Waals surface area contributed by atoms with E-state index in [1.807, 2.05) is 7.05 Å². The van der Waals surface area contributed by atoms with Crippen LogP contribution in [0.15, 0.2) is 0 Å². The van der Waals surface area contributed by atoms with E-state index in [2.05, 4.69) is 24.1 Å². The Kier molecular flexibility index (Phi) is 4.51. The summed E-state index contributed by atoms with van der Waals surface area (Å²) >= 11 is 0. The second kappa shape index (κ2) is 5.80. The molecule has 0 spiro atoms. The highest BCUT2D eigenvalue weighted by Gasteiger charge is 2.43. The first-order valence-corrected chi connectivity index (χ1v) is 7.73. The van der Waals surface area contributed by atoms with Gasteiger partial charge in [-0.2, -0.15) is 0 Å². The Bertz CT molecular complexity index is 333. The van der Waals surface area contributed by atoms with Gasteiger partial charge in [-0.25, -0.2) is 0 Å². The van der Waals surface area contributed by atoms with Gasteiger partial charge in [0, 0.05) is 18.6 Å². The second-order valence-electron chi connectivity index (χ2n) is 6.67. The second-order valence-corrected chi connectivity index (χ2v) is 6.67. The molecule has 110 valence electrons. The van der Waals surface area contributed by atoms with Crippen molar-refractivity contribution in [1.82, 2.24) is 10.2 Å². The summed E-state index contributed by atoms with van der Waals surface area (Å²) in [6.07, 6.45) is 6.65. The Hall–Kier alpha value is -0.610. The van der Waals surface area contributed by atoms with E-state index in [-0.39, 0.29) is 5.91 Å². The fourth-order valence-electron chi connectivity index (χ4n) is 3.93. The van der Waals surface area contributed by atoms with Crippen LogP contribution in [0.2, 0.25) is 0 Å². The van der Waals surface area contributed by atoms with Gasteiger partial charge in [0.1, 0.15) is 0 Å². The number of rotatable bonds is 3. The van der Waals surface area contributed by atoms with Crippen molar-refractivity contribution < 1.29 is 4.79 Å². The maximum absolute atomic E-state index is 11.8. The van der Waals surface area contributed by atoms with Crippen LogP contribution in [0.5, 0.6) is 0 Å². The van der Waals surface area contributed by atoms with E-state index in [0.29, 0.717) is 12.1 Å². The molecule has 0 bridgehead atoms. The first-order chi connectivity index (χ1) is 8.98. The van der Waals surface area contributed by atoms with Crippen molar-refractivity contribution in [3.8, 4) is 0 Å². The lowest BCUT2D eigenvalue weighted by atomic mass is 9.76. The molecule has 4 atom stereocenters. The number of carbonyl (C=O) groups is 1. The SMILES string of the molecule is CNC1(C(N)=O)CCCC(N2CC(C)CCC2C)C1. The number of likely N-dealkylation sites (N-methyl/N-ethyl adjacent to an activating group) is 1. The molecular formula is C15H29N3O. The molecule has 2 aliphatic rings. The first-order valence-electron chi connectivity index (χ1n) is 7.73. The van der Waals surface area contributed by atoms with E-state index >= 15 is 0 Å². The predicted molar refractivity (Wildman–Crippen MR) is 77.8 cm³/mol. The van der Waals surface area contributed by atoms with Crippen LogP contribution in [0.4, 0.5) is 0 Å². The fraction of sp³-hybridized carbons (Fsp3) is 0.933. The van der Waals surface area contributed by atoms with E-state index in [9.17, 15) is 4.79 Å². The number of carbonyl (C=O) groups excluding carboxylic acids is 1. The molecule has 1 aliphatic heterocycles. The lowest BCUT2D eigenvalue weighted by Gasteiger charge is -2.47. The molecule has 0 radical (unpaired) electrons. The molecule has 1 saturated carbocycles. The summed E-state index contributed by atoms with van der Waals surface area (Å²) in [6, 6.07) is 1.15. The van der Waals surface area contributed by atoms with E-state index in [1.165, 1.54) is 25.8 Å². The Morgan fingerprint density at radius 2 is 2.05 bits per heavy atom. The Labute approximate surface area is 117 Å². The average molecular weight is 267 g/mol. The summed E-state index contributed by atoms with van der Waals surface area (Å²) < 4.78 is 0. The van der Waals surface area contributed by atoms with Gasteiger partial charge in [0.2, 0.25) is 5.91 Å². The fourth-order valence-corrected chi connectivity index (χ4v) is 3.93.